The van der Waals surface area contributed by atoms with Crippen molar-refractivity contribution in [3.05, 3.63) is 84.7 Å². The van der Waals surface area contributed by atoms with E-state index in [4.69, 9.17) is 0 Å². The summed E-state index contributed by atoms with van der Waals surface area (Å²) in [7, 11) is -8.02. The van der Waals surface area contributed by atoms with Crippen LogP contribution in [0.2, 0.25) is 0 Å². The van der Waals surface area contributed by atoms with Gasteiger partial charge in [0.15, 0.2) is 0 Å². The van der Waals surface area contributed by atoms with Gasteiger partial charge in [0.05, 0.1) is 20.4 Å². The van der Waals surface area contributed by atoms with E-state index >= 15 is 0 Å². The number of benzene rings is 3. The first-order valence-corrected chi connectivity index (χ1v) is 10.4. The Hall–Kier alpha value is -2.71. The van der Waals surface area contributed by atoms with Crippen molar-refractivity contribution in [2.24, 2.45) is 0 Å². The molecule has 3 rings (SSSR count). The summed E-state index contributed by atoms with van der Waals surface area (Å²) in [6.45, 7) is 0. The lowest BCUT2D eigenvalue weighted by Crippen LogP contribution is -2.14. The molecule has 3 aromatic rings. The molecule has 0 aliphatic rings. The molecule has 0 radical (unpaired) electrons. The Morgan fingerprint density at radius 1 is 0.654 bits per heavy atom. The highest BCUT2D eigenvalue weighted by atomic mass is 32.2. The fourth-order valence-electron chi connectivity index (χ4n) is 2.29. The molecule has 0 aliphatic heterocycles. The van der Waals surface area contributed by atoms with Gasteiger partial charge >= 0.3 is 0 Å². The molecule has 8 heteroatoms. The lowest BCUT2D eigenvalue weighted by atomic mass is 10.3. The third-order valence-corrected chi connectivity index (χ3v) is 6.73. The molecule has 0 bridgehead atoms. The topological polar surface area (TPSA) is 80.3 Å². The maximum absolute atomic E-state index is 13.7. The van der Waals surface area contributed by atoms with Gasteiger partial charge in [0.25, 0.3) is 10.0 Å². The summed E-state index contributed by atoms with van der Waals surface area (Å²) in [5, 5.41) is 0. The van der Waals surface area contributed by atoms with E-state index in [1.165, 1.54) is 48.5 Å². The zero-order valence-electron chi connectivity index (χ0n) is 13.3. The van der Waals surface area contributed by atoms with Gasteiger partial charge in [-0.05, 0) is 42.5 Å². The van der Waals surface area contributed by atoms with E-state index in [9.17, 15) is 21.2 Å². The number of sulfone groups is 1. The maximum atomic E-state index is 13.7. The molecule has 0 unspecified atom stereocenters. The molecule has 3 aromatic carbocycles. The Kier molecular flexibility index (Phi) is 4.80. The Bertz CT molecular complexity index is 1140. The van der Waals surface area contributed by atoms with E-state index in [1.807, 2.05) is 0 Å². The first-order chi connectivity index (χ1) is 12.3. The summed E-state index contributed by atoms with van der Waals surface area (Å²) in [6.07, 6.45) is 0. The molecule has 0 fully saturated rings. The molecule has 1 N–H and O–H groups in total. The normalized spacial score (nSPS) is 11.9. The molecular formula is C18H14FNO4S2. The number of anilines is 1. The monoisotopic (exact) mass is 391 g/mol. The van der Waals surface area contributed by atoms with Crippen LogP contribution in [0.5, 0.6) is 0 Å². The molecule has 0 saturated carbocycles. The minimum Gasteiger partial charge on any atom is -0.277 e. The summed E-state index contributed by atoms with van der Waals surface area (Å²) >= 11 is 0. The van der Waals surface area contributed by atoms with Crippen molar-refractivity contribution >= 4 is 25.5 Å². The molecule has 0 saturated heterocycles. The molecule has 0 spiro atoms. The molecule has 5 nitrogen and oxygen atoms in total. The van der Waals surface area contributed by atoms with Gasteiger partial charge in [-0.3, -0.25) is 4.72 Å². The van der Waals surface area contributed by atoms with E-state index in [-0.39, 0.29) is 20.4 Å². The number of hydrogen-bond donors (Lipinski definition) is 1. The van der Waals surface area contributed by atoms with E-state index < -0.39 is 25.7 Å². The molecule has 0 aliphatic carbocycles. The summed E-state index contributed by atoms with van der Waals surface area (Å²) in [4.78, 5) is -0.394. The lowest BCUT2D eigenvalue weighted by Gasteiger charge is -2.10. The minimum atomic E-state index is -4.16. The molecule has 0 amide bonds. The van der Waals surface area contributed by atoms with Gasteiger partial charge in [0.2, 0.25) is 9.84 Å². The standard InChI is InChI=1S/C18H14FNO4S2/c19-17-11-4-5-12-18(17)20-26(23,24)16-10-6-9-15(13-16)25(21,22)14-7-2-1-3-8-14/h1-13,20H. The van der Waals surface area contributed by atoms with Crippen LogP contribution < -0.4 is 4.72 Å². The zero-order valence-corrected chi connectivity index (χ0v) is 15.0. The van der Waals surface area contributed by atoms with E-state index in [0.29, 0.717) is 0 Å². The SMILES string of the molecule is O=S(=O)(Nc1ccccc1F)c1cccc(S(=O)(=O)c2ccccc2)c1. The Morgan fingerprint density at radius 3 is 1.92 bits per heavy atom. The Balaban J connectivity index is 2.01. The second-order valence-corrected chi connectivity index (χ2v) is 9.01. The second-order valence-electron chi connectivity index (χ2n) is 5.38. The van der Waals surface area contributed by atoms with Gasteiger partial charge in [-0.15, -0.1) is 0 Å². The number of para-hydroxylation sites is 1. The summed E-state index contributed by atoms with van der Waals surface area (Å²) in [5.41, 5.74) is -0.219. The first-order valence-electron chi connectivity index (χ1n) is 7.48. The van der Waals surface area contributed by atoms with Crippen LogP contribution in [0.3, 0.4) is 0 Å². The third kappa shape index (κ3) is 3.61. The van der Waals surface area contributed by atoms with Crippen LogP contribution in [0.1, 0.15) is 0 Å². The lowest BCUT2D eigenvalue weighted by molar-refractivity contribution is 0.595. The summed E-state index contributed by atoms with van der Waals surface area (Å²) in [5.74, 6) is -0.732. The van der Waals surface area contributed by atoms with Crippen molar-refractivity contribution in [1.82, 2.24) is 0 Å². The van der Waals surface area contributed by atoms with E-state index in [1.54, 1.807) is 18.2 Å². The van der Waals surface area contributed by atoms with Gasteiger partial charge in [-0.1, -0.05) is 36.4 Å². The fraction of sp³-hybridized carbons (Fsp3) is 0. The van der Waals surface area contributed by atoms with Gasteiger partial charge in [-0.2, -0.15) is 0 Å². The van der Waals surface area contributed by atoms with Crippen LogP contribution in [-0.2, 0) is 19.9 Å². The summed E-state index contributed by atoms with van der Waals surface area (Å²) < 4.78 is 66.1. The first kappa shape index (κ1) is 18.1. The molecule has 0 aromatic heterocycles. The van der Waals surface area contributed by atoms with E-state index in [2.05, 4.69) is 4.72 Å². The zero-order chi connectivity index (χ0) is 18.8. The number of halogens is 1. The van der Waals surface area contributed by atoms with Gasteiger partial charge < -0.3 is 0 Å². The highest BCUT2D eigenvalue weighted by Crippen LogP contribution is 2.24. The highest BCUT2D eigenvalue weighted by molar-refractivity contribution is 7.93. The van der Waals surface area contributed by atoms with Crippen LogP contribution in [-0.4, -0.2) is 16.8 Å². The predicted octanol–water partition coefficient (Wildman–Crippen LogP) is 3.46. The summed E-state index contributed by atoms with van der Waals surface area (Å²) in [6, 6.07) is 17.9. The predicted molar refractivity (Wildman–Crippen MR) is 95.5 cm³/mol. The number of sulfonamides is 1. The largest absolute Gasteiger partial charge is 0.277 e. The van der Waals surface area contributed by atoms with Crippen molar-refractivity contribution in [3.8, 4) is 0 Å². The molecular weight excluding hydrogens is 377 g/mol. The van der Waals surface area contributed by atoms with Crippen LogP contribution >= 0.6 is 0 Å². The Labute approximate surface area is 151 Å². The number of rotatable bonds is 5. The van der Waals surface area contributed by atoms with Crippen molar-refractivity contribution in [2.45, 2.75) is 14.7 Å². The maximum Gasteiger partial charge on any atom is 0.262 e. The van der Waals surface area contributed by atoms with Crippen LogP contribution in [0.4, 0.5) is 10.1 Å². The molecule has 0 atom stereocenters. The number of nitrogens with one attached hydrogen (secondary N) is 1. The van der Waals surface area contributed by atoms with Gasteiger partial charge in [0, 0.05) is 0 Å². The van der Waals surface area contributed by atoms with Crippen molar-refractivity contribution in [1.29, 1.82) is 0 Å². The number of hydrogen-bond acceptors (Lipinski definition) is 4. The Morgan fingerprint density at radius 2 is 1.23 bits per heavy atom. The van der Waals surface area contributed by atoms with Gasteiger partial charge in [-0.25, -0.2) is 21.2 Å². The molecule has 134 valence electrons. The van der Waals surface area contributed by atoms with Crippen molar-refractivity contribution in [3.63, 3.8) is 0 Å². The third-order valence-electron chi connectivity index (χ3n) is 3.60. The van der Waals surface area contributed by atoms with Crippen LogP contribution in [0, 0.1) is 5.82 Å². The van der Waals surface area contributed by atoms with E-state index in [0.717, 1.165) is 12.1 Å². The molecule has 26 heavy (non-hydrogen) atoms. The average Bonchev–Trinajstić information content (AvgIpc) is 2.64. The second kappa shape index (κ2) is 6.89. The fourth-order valence-corrected chi connectivity index (χ4v) is 4.81. The van der Waals surface area contributed by atoms with Gasteiger partial charge in [0.1, 0.15) is 5.82 Å². The average molecular weight is 391 g/mol. The van der Waals surface area contributed by atoms with Crippen LogP contribution in [0.15, 0.2) is 93.5 Å². The quantitative estimate of drug-likeness (QED) is 0.722. The highest BCUT2D eigenvalue weighted by Gasteiger charge is 2.22. The molecule has 0 heterocycles. The smallest absolute Gasteiger partial charge is 0.262 e. The van der Waals surface area contributed by atoms with Crippen LogP contribution in [0.25, 0.3) is 0 Å². The van der Waals surface area contributed by atoms with Crippen molar-refractivity contribution < 1.29 is 21.2 Å². The van der Waals surface area contributed by atoms with Crippen molar-refractivity contribution in [2.75, 3.05) is 4.72 Å². The minimum absolute atomic E-state index is 0.0524.